The summed E-state index contributed by atoms with van der Waals surface area (Å²) in [5.41, 5.74) is 0.397. The van der Waals surface area contributed by atoms with E-state index in [4.69, 9.17) is 16.7 Å². The molecule has 1 aromatic heterocycles. The minimum atomic E-state index is -1.10. The Morgan fingerprint density at radius 3 is 2.72 bits per heavy atom. The van der Waals surface area contributed by atoms with Crippen molar-refractivity contribution in [3.05, 3.63) is 34.9 Å². The van der Waals surface area contributed by atoms with Crippen LogP contribution in [0.5, 0.6) is 0 Å². The highest BCUT2D eigenvalue weighted by atomic mass is 35.5. The van der Waals surface area contributed by atoms with Gasteiger partial charge in [0.05, 0.1) is 16.1 Å². The largest absolute Gasteiger partial charge is 0.478 e. The summed E-state index contributed by atoms with van der Waals surface area (Å²) in [5.74, 6) is -1.26. The molecule has 0 bridgehead atoms. The lowest BCUT2D eigenvalue weighted by Crippen LogP contribution is -2.09. The van der Waals surface area contributed by atoms with Gasteiger partial charge in [0.1, 0.15) is 5.82 Å². The number of anilines is 1. The summed E-state index contributed by atoms with van der Waals surface area (Å²) in [7, 11) is 0. The molecule has 0 fully saturated rings. The average molecular weight is 265 g/mol. The molecule has 0 aliphatic carbocycles. The van der Waals surface area contributed by atoms with E-state index in [1.165, 1.54) is 13.0 Å². The van der Waals surface area contributed by atoms with Crippen molar-refractivity contribution in [1.82, 2.24) is 4.98 Å². The number of fused-ring (bicyclic) bond motifs is 1. The molecule has 2 rings (SSSR count). The normalized spacial score (nSPS) is 10.3. The Morgan fingerprint density at radius 2 is 2.11 bits per heavy atom. The van der Waals surface area contributed by atoms with Crippen molar-refractivity contribution in [1.29, 1.82) is 0 Å². The zero-order valence-corrected chi connectivity index (χ0v) is 10.2. The molecule has 1 aromatic carbocycles. The van der Waals surface area contributed by atoms with Crippen molar-refractivity contribution < 1.29 is 14.7 Å². The summed E-state index contributed by atoms with van der Waals surface area (Å²) >= 11 is 5.97. The lowest BCUT2D eigenvalue weighted by Gasteiger charge is -2.07. The molecule has 0 radical (unpaired) electrons. The van der Waals surface area contributed by atoms with Crippen LogP contribution in [0.3, 0.4) is 0 Å². The second-order valence-corrected chi connectivity index (χ2v) is 4.08. The molecule has 0 aliphatic rings. The van der Waals surface area contributed by atoms with E-state index in [1.807, 2.05) is 0 Å². The summed E-state index contributed by atoms with van der Waals surface area (Å²) in [6.45, 7) is 1.32. The lowest BCUT2D eigenvalue weighted by atomic mass is 10.1. The Balaban J connectivity index is 2.75. The molecule has 2 aromatic rings. The predicted molar refractivity (Wildman–Crippen MR) is 68.0 cm³/mol. The zero-order valence-electron chi connectivity index (χ0n) is 9.40. The summed E-state index contributed by atoms with van der Waals surface area (Å²) in [5, 5.41) is 12.4. The second-order valence-electron chi connectivity index (χ2n) is 3.68. The van der Waals surface area contributed by atoms with Gasteiger partial charge in [0, 0.05) is 12.3 Å². The second kappa shape index (κ2) is 4.62. The number of pyridine rings is 1. The van der Waals surface area contributed by atoms with E-state index in [-0.39, 0.29) is 17.3 Å². The van der Waals surface area contributed by atoms with E-state index < -0.39 is 5.97 Å². The monoisotopic (exact) mass is 264 g/mol. The molecule has 0 unspecified atom stereocenters. The summed E-state index contributed by atoms with van der Waals surface area (Å²) < 4.78 is 0. The molecule has 0 saturated carbocycles. The first-order valence-corrected chi connectivity index (χ1v) is 5.47. The SMILES string of the molecule is CC(=O)Nc1cc(C(=O)O)c2cccc(Cl)c2n1. The highest BCUT2D eigenvalue weighted by Crippen LogP contribution is 2.26. The van der Waals surface area contributed by atoms with Crippen LogP contribution in [0.25, 0.3) is 10.9 Å². The van der Waals surface area contributed by atoms with Gasteiger partial charge in [0.25, 0.3) is 0 Å². The molecule has 2 N–H and O–H groups in total. The topological polar surface area (TPSA) is 79.3 Å². The molecule has 5 nitrogen and oxygen atoms in total. The number of para-hydroxylation sites is 1. The van der Waals surface area contributed by atoms with Crippen LogP contribution < -0.4 is 5.32 Å². The highest BCUT2D eigenvalue weighted by molar-refractivity contribution is 6.35. The van der Waals surface area contributed by atoms with Gasteiger partial charge >= 0.3 is 5.97 Å². The maximum Gasteiger partial charge on any atom is 0.336 e. The van der Waals surface area contributed by atoms with E-state index in [1.54, 1.807) is 18.2 Å². The lowest BCUT2D eigenvalue weighted by molar-refractivity contribution is -0.114. The molecule has 92 valence electrons. The number of aromatic carboxylic acids is 1. The number of aromatic nitrogens is 1. The van der Waals surface area contributed by atoms with Gasteiger partial charge in [-0.15, -0.1) is 0 Å². The van der Waals surface area contributed by atoms with Crippen LogP contribution in [0, 0.1) is 0 Å². The number of carboxylic acid groups (broad SMARTS) is 1. The van der Waals surface area contributed by atoms with Gasteiger partial charge < -0.3 is 10.4 Å². The van der Waals surface area contributed by atoms with Crippen molar-refractivity contribution in [3.8, 4) is 0 Å². The van der Waals surface area contributed by atoms with Crippen LogP contribution in [-0.2, 0) is 4.79 Å². The predicted octanol–water partition coefficient (Wildman–Crippen LogP) is 2.54. The highest BCUT2D eigenvalue weighted by Gasteiger charge is 2.13. The Hall–Kier alpha value is -2.14. The minimum absolute atomic E-state index is 0.0475. The molecule has 1 amide bonds. The maximum atomic E-state index is 11.2. The number of rotatable bonds is 2. The Morgan fingerprint density at radius 1 is 1.39 bits per heavy atom. The van der Waals surface area contributed by atoms with Gasteiger partial charge in [0.2, 0.25) is 5.91 Å². The number of amides is 1. The first-order chi connectivity index (χ1) is 8.49. The number of carbonyl (C=O) groups excluding carboxylic acids is 1. The van der Waals surface area contributed by atoms with Gasteiger partial charge in [-0.25, -0.2) is 9.78 Å². The van der Waals surface area contributed by atoms with E-state index in [9.17, 15) is 9.59 Å². The number of nitrogens with zero attached hydrogens (tertiary/aromatic N) is 1. The van der Waals surface area contributed by atoms with Crippen LogP contribution in [0.15, 0.2) is 24.3 Å². The van der Waals surface area contributed by atoms with Gasteiger partial charge in [0.15, 0.2) is 0 Å². The maximum absolute atomic E-state index is 11.2. The van der Waals surface area contributed by atoms with Gasteiger partial charge in [-0.2, -0.15) is 0 Å². The van der Waals surface area contributed by atoms with E-state index in [0.717, 1.165) is 0 Å². The molecular weight excluding hydrogens is 256 g/mol. The average Bonchev–Trinajstić information content (AvgIpc) is 2.28. The Labute approximate surface area is 107 Å². The fourth-order valence-corrected chi connectivity index (χ4v) is 1.85. The third-order valence-corrected chi connectivity index (χ3v) is 2.63. The third kappa shape index (κ3) is 2.26. The Kier molecular flexibility index (Phi) is 3.16. The van der Waals surface area contributed by atoms with Crippen molar-refractivity contribution in [3.63, 3.8) is 0 Å². The number of benzene rings is 1. The molecule has 0 atom stereocenters. The van der Waals surface area contributed by atoms with Crippen LogP contribution in [0.4, 0.5) is 5.82 Å². The first-order valence-electron chi connectivity index (χ1n) is 5.09. The van der Waals surface area contributed by atoms with E-state index >= 15 is 0 Å². The Bertz CT molecular complexity index is 655. The number of carboxylic acids is 1. The smallest absolute Gasteiger partial charge is 0.336 e. The fourth-order valence-electron chi connectivity index (χ4n) is 1.63. The van der Waals surface area contributed by atoms with Gasteiger partial charge in [-0.05, 0) is 12.1 Å². The van der Waals surface area contributed by atoms with Gasteiger partial charge in [-0.1, -0.05) is 23.7 Å². The molecular formula is C12H9ClN2O3. The van der Waals surface area contributed by atoms with Crippen LogP contribution >= 0.6 is 11.6 Å². The first kappa shape index (κ1) is 12.3. The number of carbonyl (C=O) groups is 2. The van der Waals surface area contributed by atoms with Crippen LogP contribution in [0.1, 0.15) is 17.3 Å². The third-order valence-electron chi connectivity index (χ3n) is 2.32. The van der Waals surface area contributed by atoms with Crippen LogP contribution in [0.2, 0.25) is 5.02 Å². The quantitative estimate of drug-likeness (QED) is 0.874. The van der Waals surface area contributed by atoms with Crippen molar-refractivity contribution >= 4 is 40.2 Å². The molecule has 1 heterocycles. The summed E-state index contributed by atoms with van der Waals surface area (Å²) in [6.07, 6.45) is 0. The van der Waals surface area contributed by atoms with E-state index in [0.29, 0.717) is 15.9 Å². The summed E-state index contributed by atoms with van der Waals surface area (Å²) in [6, 6.07) is 6.19. The standard InChI is InChI=1S/C12H9ClN2O3/c1-6(16)14-10-5-8(12(17)18)7-3-2-4-9(13)11(7)15-10/h2-5H,1H3,(H,17,18)(H,14,15,16). The number of hydrogen-bond donors (Lipinski definition) is 2. The number of hydrogen-bond acceptors (Lipinski definition) is 3. The van der Waals surface area contributed by atoms with Crippen LogP contribution in [-0.4, -0.2) is 22.0 Å². The number of nitrogens with one attached hydrogen (secondary N) is 1. The van der Waals surface area contributed by atoms with Crippen molar-refractivity contribution in [2.75, 3.05) is 5.32 Å². The minimum Gasteiger partial charge on any atom is -0.478 e. The molecule has 0 aliphatic heterocycles. The zero-order chi connectivity index (χ0) is 13.3. The molecule has 6 heteroatoms. The van der Waals surface area contributed by atoms with Crippen molar-refractivity contribution in [2.24, 2.45) is 0 Å². The molecule has 18 heavy (non-hydrogen) atoms. The molecule has 0 saturated heterocycles. The number of halogens is 1. The summed E-state index contributed by atoms with van der Waals surface area (Å²) in [4.78, 5) is 26.3. The van der Waals surface area contributed by atoms with Crippen molar-refractivity contribution in [2.45, 2.75) is 6.92 Å². The van der Waals surface area contributed by atoms with E-state index in [2.05, 4.69) is 10.3 Å². The fraction of sp³-hybridized carbons (Fsp3) is 0.0833. The van der Waals surface area contributed by atoms with Gasteiger partial charge in [-0.3, -0.25) is 4.79 Å². The molecule has 0 spiro atoms.